The molecule has 3 nitrogen and oxygen atoms in total. The predicted octanol–water partition coefficient (Wildman–Crippen LogP) is 2.48. The van der Waals surface area contributed by atoms with Gasteiger partial charge in [-0.1, -0.05) is 6.92 Å². The Morgan fingerprint density at radius 1 is 1.19 bits per heavy atom. The maximum absolute atomic E-state index is 12.1. The second kappa shape index (κ2) is 3.86. The molecule has 2 aliphatic rings. The number of ketones is 1. The summed E-state index contributed by atoms with van der Waals surface area (Å²) in [6.07, 6.45) is 5.19. The van der Waals surface area contributed by atoms with Gasteiger partial charge in [-0.3, -0.25) is 9.59 Å². The lowest BCUT2D eigenvalue weighted by atomic mass is 9.57. The maximum atomic E-state index is 12.1. The van der Waals surface area contributed by atoms with Crippen LogP contribution in [0.1, 0.15) is 52.4 Å². The van der Waals surface area contributed by atoms with Crippen molar-refractivity contribution in [2.45, 2.75) is 52.4 Å². The van der Waals surface area contributed by atoms with Crippen molar-refractivity contribution in [3.63, 3.8) is 0 Å². The second-order valence-electron chi connectivity index (χ2n) is 5.33. The Bertz CT molecular complexity index is 287. The molecule has 0 aliphatic heterocycles. The van der Waals surface area contributed by atoms with Crippen LogP contribution in [0.5, 0.6) is 0 Å². The lowest BCUT2D eigenvalue weighted by Crippen LogP contribution is -2.51. The van der Waals surface area contributed by atoms with Crippen molar-refractivity contribution in [2.24, 2.45) is 10.8 Å². The molecule has 2 fully saturated rings. The molecule has 2 saturated carbocycles. The van der Waals surface area contributed by atoms with E-state index in [9.17, 15) is 9.59 Å². The summed E-state index contributed by atoms with van der Waals surface area (Å²) >= 11 is 0. The lowest BCUT2D eigenvalue weighted by Gasteiger charge is -2.45. The summed E-state index contributed by atoms with van der Waals surface area (Å²) in [6, 6.07) is 0. The summed E-state index contributed by atoms with van der Waals surface area (Å²) in [4.78, 5) is 24.0. The number of Topliss-reactive ketones (excluding diaryl/α,β-unsaturated/α-hetero) is 1. The number of carbonyl (C=O) groups is 2. The Hall–Kier alpha value is -0.860. The van der Waals surface area contributed by atoms with Gasteiger partial charge in [0.1, 0.15) is 11.2 Å². The zero-order chi connectivity index (χ0) is 11.8. The third-order valence-electron chi connectivity index (χ3n) is 3.99. The number of ether oxygens (including phenoxy) is 1. The predicted molar refractivity (Wildman–Crippen MR) is 59.9 cm³/mol. The quantitative estimate of drug-likeness (QED) is 0.532. The molecule has 2 rings (SSSR count). The van der Waals surface area contributed by atoms with E-state index in [0.29, 0.717) is 18.4 Å². The number of carbonyl (C=O) groups excluding carboxylic acids is 2. The molecule has 0 heterocycles. The SMILES string of the molecule is CCCC(=O)C1(C(=O)OCC)CC2(CC2)C1. The van der Waals surface area contributed by atoms with E-state index in [0.717, 1.165) is 19.3 Å². The van der Waals surface area contributed by atoms with Gasteiger partial charge in [0, 0.05) is 6.42 Å². The molecule has 0 radical (unpaired) electrons. The fourth-order valence-electron chi connectivity index (χ4n) is 2.95. The van der Waals surface area contributed by atoms with Gasteiger partial charge in [-0.15, -0.1) is 0 Å². The van der Waals surface area contributed by atoms with Crippen LogP contribution in [0.2, 0.25) is 0 Å². The van der Waals surface area contributed by atoms with Crippen molar-refractivity contribution >= 4 is 11.8 Å². The highest BCUT2D eigenvalue weighted by molar-refractivity contribution is 6.05. The molecule has 0 bridgehead atoms. The highest BCUT2D eigenvalue weighted by atomic mass is 16.5. The van der Waals surface area contributed by atoms with Crippen LogP contribution in [0, 0.1) is 10.8 Å². The van der Waals surface area contributed by atoms with Gasteiger partial charge in [0.2, 0.25) is 0 Å². The lowest BCUT2D eigenvalue weighted by molar-refractivity contribution is -0.171. The van der Waals surface area contributed by atoms with Crippen molar-refractivity contribution in [1.29, 1.82) is 0 Å². The van der Waals surface area contributed by atoms with Crippen LogP contribution in [0.3, 0.4) is 0 Å². The minimum absolute atomic E-state index is 0.103. The Balaban J connectivity index is 2.08. The summed E-state index contributed by atoms with van der Waals surface area (Å²) < 4.78 is 5.08. The molecule has 0 saturated heterocycles. The molecule has 0 unspecified atom stereocenters. The highest BCUT2D eigenvalue weighted by Crippen LogP contribution is 2.69. The summed E-state index contributed by atoms with van der Waals surface area (Å²) in [7, 11) is 0. The minimum atomic E-state index is -0.761. The molecule has 2 aliphatic carbocycles. The van der Waals surface area contributed by atoms with Crippen molar-refractivity contribution < 1.29 is 14.3 Å². The smallest absolute Gasteiger partial charge is 0.319 e. The van der Waals surface area contributed by atoms with E-state index in [1.54, 1.807) is 6.92 Å². The van der Waals surface area contributed by atoms with Gasteiger partial charge in [-0.2, -0.15) is 0 Å². The molecule has 0 atom stereocenters. The van der Waals surface area contributed by atoms with Crippen LogP contribution >= 0.6 is 0 Å². The zero-order valence-electron chi connectivity index (χ0n) is 10.2. The Labute approximate surface area is 96.5 Å². The Kier molecular flexibility index (Phi) is 2.81. The first kappa shape index (κ1) is 11.6. The van der Waals surface area contributed by atoms with Gasteiger partial charge in [-0.25, -0.2) is 0 Å². The molecule has 0 aromatic rings. The van der Waals surface area contributed by atoms with E-state index in [-0.39, 0.29) is 11.8 Å². The number of rotatable bonds is 5. The van der Waals surface area contributed by atoms with Gasteiger partial charge in [-0.05, 0) is 44.4 Å². The van der Waals surface area contributed by atoms with Gasteiger partial charge in [0.25, 0.3) is 0 Å². The van der Waals surface area contributed by atoms with Crippen LogP contribution in [0.15, 0.2) is 0 Å². The number of hydrogen-bond donors (Lipinski definition) is 0. The third-order valence-corrected chi connectivity index (χ3v) is 3.99. The van der Waals surface area contributed by atoms with Crippen LogP contribution < -0.4 is 0 Å². The maximum Gasteiger partial charge on any atom is 0.319 e. The largest absolute Gasteiger partial charge is 0.465 e. The van der Waals surface area contributed by atoms with Gasteiger partial charge in [0.05, 0.1) is 6.61 Å². The van der Waals surface area contributed by atoms with E-state index in [4.69, 9.17) is 4.74 Å². The molecule has 0 amide bonds. The second-order valence-corrected chi connectivity index (χ2v) is 5.33. The molecule has 16 heavy (non-hydrogen) atoms. The molecule has 1 spiro atoms. The first-order chi connectivity index (χ1) is 7.58. The normalized spacial score (nSPS) is 23.6. The van der Waals surface area contributed by atoms with Crippen LogP contribution in [0.25, 0.3) is 0 Å². The first-order valence-electron chi connectivity index (χ1n) is 6.29. The van der Waals surface area contributed by atoms with Crippen molar-refractivity contribution in [2.75, 3.05) is 6.61 Å². The molecule has 90 valence electrons. The zero-order valence-corrected chi connectivity index (χ0v) is 10.2. The van der Waals surface area contributed by atoms with Gasteiger partial charge >= 0.3 is 5.97 Å². The monoisotopic (exact) mass is 224 g/mol. The molecule has 0 aromatic heterocycles. The fourth-order valence-corrected chi connectivity index (χ4v) is 2.95. The van der Waals surface area contributed by atoms with Crippen molar-refractivity contribution in [1.82, 2.24) is 0 Å². The van der Waals surface area contributed by atoms with E-state index in [1.807, 2.05) is 6.92 Å². The highest BCUT2D eigenvalue weighted by Gasteiger charge is 2.67. The Morgan fingerprint density at radius 2 is 1.81 bits per heavy atom. The molecule has 3 heteroatoms. The molecular formula is C13H20O3. The van der Waals surface area contributed by atoms with E-state index in [1.165, 1.54) is 12.8 Å². The van der Waals surface area contributed by atoms with E-state index in [2.05, 4.69) is 0 Å². The summed E-state index contributed by atoms with van der Waals surface area (Å²) in [5.41, 5.74) is -0.418. The number of esters is 1. The number of hydrogen-bond acceptors (Lipinski definition) is 3. The minimum Gasteiger partial charge on any atom is -0.465 e. The van der Waals surface area contributed by atoms with E-state index >= 15 is 0 Å². The molecule has 0 N–H and O–H groups in total. The Morgan fingerprint density at radius 3 is 2.25 bits per heavy atom. The summed E-state index contributed by atoms with van der Waals surface area (Å²) in [5, 5.41) is 0. The first-order valence-corrected chi connectivity index (χ1v) is 6.29. The molecular weight excluding hydrogens is 204 g/mol. The third kappa shape index (κ3) is 1.66. The fraction of sp³-hybridized carbons (Fsp3) is 0.846. The van der Waals surface area contributed by atoms with Gasteiger partial charge in [0.15, 0.2) is 0 Å². The average molecular weight is 224 g/mol. The topological polar surface area (TPSA) is 43.4 Å². The molecule has 0 aromatic carbocycles. The van der Waals surface area contributed by atoms with Gasteiger partial charge < -0.3 is 4.74 Å². The summed E-state index contributed by atoms with van der Waals surface area (Å²) in [6.45, 7) is 4.14. The van der Waals surface area contributed by atoms with Crippen LogP contribution in [-0.4, -0.2) is 18.4 Å². The van der Waals surface area contributed by atoms with Crippen LogP contribution in [0.4, 0.5) is 0 Å². The van der Waals surface area contributed by atoms with E-state index < -0.39 is 5.41 Å². The van der Waals surface area contributed by atoms with Crippen LogP contribution in [-0.2, 0) is 14.3 Å². The standard InChI is InChI=1S/C13H20O3/c1-3-5-10(14)13(11(15)16-4-2)8-12(9-13)6-7-12/h3-9H2,1-2H3. The summed E-state index contributed by atoms with van der Waals surface area (Å²) in [5.74, 6) is -0.169. The van der Waals surface area contributed by atoms with Crippen molar-refractivity contribution in [3.8, 4) is 0 Å². The van der Waals surface area contributed by atoms with Crippen molar-refractivity contribution in [3.05, 3.63) is 0 Å². The average Bonchev–Trinajstić information content (AvgIpc) is 2.95.